The fourth-order valence-electron chi connectivity index (χ4n) is 1.98. The molecule has 0 spiro atoms. The highest BCUT2D eigenvalue weighted by atomic mass is 16.6. The second-order valence-corrected chi connectivity index (χ2v) is 6.00. The molecule has 0 heterocycles. The van der Waals surface area contributed by atoms with E-state index in [9.17, 15) is 14.4 Å². The maximum absolute atomic E-state index is 12.1. The van der Waals surface area contributed by atoms with Gasteiger partial charge in [0.1, 0.15) is 0 Å². The van der Waals surface area contributed by atoms with Crippen LogP contribution < -0.4 is 0 Å². The van der Waals surface area contributed by atoms with E-state index >= 15 is 0 Å². The summed E-state index contributed by atoms with van der Waals surface area (Å²) in [5.74, 6) is -2.11. The van der Waals surface area contributed by atoms with Crippen molar-refractivity contribution in [2.24, 2.45) is 17.3 Å². The summed E-state index contributed by atoms with van der Waals surface area (Å²) >= 11 is 0. The molecule has 0 aliphatic heterocycles. The highest BCUT2D eigenvalue weighted by molar-refractivity contribution is 6.43. The quantitative estimate of drug-likeness (QED) is 0.572. The third-order valence-corrected chi connectivity index (χ3v) is 4.45. The Morgan fingerprint density at radius 1 is 1.33 bits per heavy atom. The van der Waals surface area contributed by atoms with Crippen LogP contribution in [0.4, 0.5) is 0 Å². The first-order valence-corrected chi connectivity index (χ1v) is 6.40. The van der Waals surface area contributed by atoms with E-state index < -0.39 is 28.6 Å². The number of esters is 1. The van der Waals surface area contributed by atoms with Gasteiger partial charge in [0.2, 0.25) is 11.6 Å². The lowest BCUT2D eigenvalue weighted by Gasteiger charge is -2.32. The van der Waals surface area contributed by atoms with Crippen LogP contribution in [0.3, 0.4) is 0 Å². The molecule has 0 aromatic carbocycles. The zero-order valence-electron chi connectivity index (χ0n) is 12.0. The first-order chi connectivity index (χ1) is 8.08. The van der Waals surface area contributed by atoms with Crippen molar-refractivity contribution in [2.45, 2.75) is 53.6 Å². The molecule has 3 atom stereocenters. The fourth-order valence-corrected chi connectivity index (χ4v) is 1.98. The van der Waals surface area contributed by atoms with E-state index in [0.717, 1.165) is 0 Å². The molecule has 1 rings (SSSR count). The molecule has 1 fully saturated rings. The molecule has 1 aliphatic rings. The third kappa shape index (κ3) is 2.08. The molecule has 0 radical (unpaired) electrons. The summed E-state index contributed by atoms with van der Waals surface area (Å²) in [6, 6.07) is 0. The zero-order chi connectivity index (χ0) is 14.3. The molecule has 0 aromatic rings. The number of carbonyl (C=O) groups is 3. The van der Waals surface area contributed by atoms with E-state index in [2.05, 4.69) is 0 Å². The lowest BCUT2D eigenvalue weighted by molar-refractivity contribution is -0.176. The van der Waals surface area contributed by atoms with Gasteiger partial charge in [0, 0.05) is 11.8 Å². The van der Waals surface area contributed by atoms with Gasteiger partial charge in [-0.3, -0.25) is 14.4 Å². The number of ketones is 2. The molecule has 3 unspecified atom stereocenters. The first kappa shape index (κ1) is 14.9. The van der Waals surface area contributed by atoms with E-state index in [0.29, 0.717) is 6.42 Å². The van der Waals surface area contributed by atoms with Crippen molar-refractivity contribution in [3.05, 3.63) is 0 Å². The van der Waals surface area contributed by atoms with E-state index in [1.54, 1.807) is 34.6 Å². The highest BCUT2D eigenvalue weighted by Gasteiger charge is 2.57. The molecular formula is C14H22O4. The Balaban J connectivity index is 2.99. The van der Waals surface area contributed by atoms with Gasteiger partial charge in [-0.25, -0.2) is 0 Å². The summed E-state index contributed by atoms with van der Waals surface area (Å²) in [6.07, 6.45) is 0.619. The van der Waals surface area contributed by atoms with Gasteiger partial charge in [-0.15, -0.1) is 0 Å². The van der Waals surface area contributed by atoms with Crippen molar-refractivity contribution < 1.29 is 19.1 Å². The number of ether oxygens (including phenoxy) is 1. The lowest BCUT2D eigenvalue weighted by Crippen LogP contribution is -2.45. The molecule has 0 saturated heterocycles. The molecule has 0 N–H and O–H groups in total. The van der Waals surface area contributed by atoms with Gasteiger partial charge in [-0.05, 0) is 27.2 Å². The second-order valence-electron chi connectivity index (χ2n) is 6.00. The molecule has 4 nitrogen and oxygen atoms in total. The Morgan fingerprint density at radius 2 is 1.83 bits per heavy atom. The summed E-state index contributed by atoms with van der Waals surface area (Å²) in [5, 5.41) is 0. The van der Waals surface area contributed by atoms with Gasteiger partial charge in [0.15, 0.2) is 5.60 Å². The van der Waals surface area contributed by atoms with Gasteiger partial charge >= 0.3 is 5.97 Å². The van der Waals surface area contributed by atoms with Crippen molar-refractivity contribution in [3.63, 3.8) is 0 Å². The molecule has 0 bridgehead atoms. The standard InChI is InChI=1S/C14H22O4/c1-7-13(4,5)12(17)18-14(6)9(3)8(2)10(15)11(14)16/h8-9H,7H2,1-6H3. The van der Waals surface area contributed by atoms with Crippen LogP contribution >= 0.6 is 0 Å². The van der Waals surface area contributed by atoms with Crippen LogP contribution in [-0.2, 0) is 19.1 Å². The Labute approximate surface area is 108 Å². The summed E-state index contributed by atoms with van der Waals surface area (Å²) < 4.78 is 5.41. The second kappa shape index (κ2) is 4.48. The smallest absolute Gasteiger partial charge is 0.312 e. The van der Waals surface area contributed by atoms with Gasteiger partial charge in [-0.1, -0.05) is 20.8 Å². The fraction of sp³-hybridized carbons (Fsp3) is 0.786. The van der Waals surface area contributed by atoms with Gasteiger partial charge < -0.3 is 4.74 Å². The minimum absolute atomic E-state index is 0.283. The normalized spacial score (nSPS) is 32.8. The van der Waals surface area contributed by atoms with Crippen LogP contribution in [0.25, 0.3) is 0 Å². The molecule has 0 amide bonds. The lowest BCUT2D eigenvalue weighted by atomic mass is 9.87. The summed E-state index contributed by atoms with van der Waals surface area (Å²) in [7, 11) is 0. The number of hydrogen-bond donors (Lipinski definition) is 0. The van der Waals surface area contributed by atoms with Crippen LogP contribution in [0, 0.1) is 17.3 Å². The van der Waals surface area contributed by atoms with Gasteiger partial charge in [-0.2, -0.15) is 0 Å². The van der Waals surface area contributed by atoms with E-state index in [1.165, 1.54) is 0 Å². The Kier molecular flexibility index (Phi) is 3.70. The SMILES string of the molecule is CCC(C)(C)C(=O)OC1(C)C(=O)C(=O)C(C)C1C. The minimum Gasteiger partial charge on any atom is -0.450 e. The first-order valence-electron chi connectivity index (χ1n) is 6.40. The van der Waals surface area contributed by atoms with Crippen LogP contribution in [0.15, 0.2) is 0 Å². The zero-order valence-corrected chi connectivity index (χ0v) is 12.0. The van der Waals surface area contributed by atoms with Gasteiger partial charge in [0.25, 0.3) is 0 Å². The molecule has 4 heteroatoms. The van der Waals surface area contributed by atoms with Crippen molar-refractivity contribution in [2.75, 3.05) is 0 Å². The van der Waals surface area contributed by atoms with Crippen molar-refractivity contribution in [1.82, 2.24) is 0 Å². The largest absolute Gasteiger partial charge is 0.450 e. The maximum Gasteiger partial charge on any atom is 0.312 e. The average molecular weight is 254 g/mol. The Bertz CT molecular complexity index is 397. The van der Waals surface area contributed by atoms with E-state index in [1.807, 2.05) is 6.92 Å². The Hall–Kier alpha value is -1.19. The summed E-state index contributed by atoms with van der Waals surface area (Å²) in [5.41, 5.74) is -1.95. The average Bonchev–Trinajstić information content (AvgIpc) is 2.45. The van der Waals surface area contributed by atoms with Crippen LogP contribution in [0.2, 0.25) is 0 Å². The monoisotopic (exact) mass is 254 g/mol. The minimum atomic E-state index is -1.31. The highest BCUT2D eigenvalue weighted by Crippen LogP contribution is 2.39. The van der Waals surface area contributed by atoms with Gasteiger partial charge in [0.05, 0.1) is 5.41 Å². The Morgan fingerprint density at radius 3 is 2.17 bits per heavy atom. The molecular weight excluding hydrogens is 232 g/mol. The van der Waals surface area contributed by atoms with Crippen LogP contribution in [0.1, 0.15) is 48.0 Å². The number of carbonyl (C=O) groups excluding carboxylic acids is 3. The number of rotatable bonds is 3. The van der Waals surface area contributed by atoms with E-state index in [-0.39, 0.29) is 11.8 Å². The summed E-state index contributed by atoms with van der Waals surface area (Å²) in [4.78, 5) is 35.7. The van der Waals surface area contributed by atoms with E-state index in [4.69, 9.17) is 4.74 Å². The molecule has 1 saturated carbocycles. The predicted octanol–water partition coefficient (Wildman–Crippen LogP) is 2.15. The molecule has 0 aromatic heterocycles. The van der Waals surface area contributed by atoms with Crippen LogP contribution in [0.5, 0.6) is 0 Å². The van der Waals surface area contributed by atoms with Crippen molar-refractivity contribution >= 4 is 17.5 Å². The number of hydrogen-bond acceptors (Lipinski definition) is 4. The molecule has 102 valence electrons. The van der Waals surface area contributed by atoms with Crippen molar-refractivity contribution in [1.29, 1.82) is 0 Å². The van der Waals surface area contributed by atoms with Crippen molar-refractivity contribution in [3.8, 4) is 0 Å². The molecule has 18 heavy (non-hydrogen) atoms. The molecule has 1 aliphatic carbocycles. The third-order valence-electron chi connectivity index (χ3n) is 4.45. The maximum atomic E-state index is 12.1. The number of Topliss-reactive ketones (excluding diaryl/α,β-unsaturated/α-hetero) is 2. The summed E-state index contributed by atoms with van der Waals surface area (Å²) in [6.45, 7) is 10.5. The van der Waals surface area contributed by atoms with Crippen LogP contribution in [-0.4, -0.2) is 23.1 Å². The topological polar surface area (TPSA) is 60.4 Å². The predicted molar refractivity (Wildman–Crippen MR) is 66.9 cm³/mol.